The molecule has 19 heavy (non-hydrogen) atoms. The van der Waals surface area contributed by atoms with Crippen molar-refractivity contribution in [2.45, 2.75) is 38.3 Å². The molecule has 5 nitrogen and oxygen atoms in total. The average molecular weight is 266 g/mol. The predicted octanol–water partition coefficient (Wildman–Crippen LogP) is 1.50. The summed E-state index contributed by atoms with van der Waals surface area (Å²) in [5, 5.41) is 3.43. The number of aryl methyl sites for hydroxylation is 1. The Hall–Kier alpha value is -1.07. The SMILES string of the molecule is CNC1(C)CCN(c2nccn2CCCOC)CC1. The number of methoxy groups -OCH3 is 1. The van der Waals surface area contributed by atoms with Gasteiger partial charge in [0.05, 0.1) is 0 Å². The first-order valence-electron chi connectivity index (χ1n) is 7.12. The zero-order valence-electron chi connectivity index (χ0n) is 12.4. The second-order valence-electron chi connectivity index (χ2n) is 5.56. The van der Waals surface area contributed by atoms with Gasteiger partial charge < -0.3 is 19.5 Å². The van der Waals surface area contributed by atoms with Crippen LogP contribution in [0.1, 0.15) is 26.2 Å². The molecule has 0 saturated carbocycles. The fourth-order valence-electron chi connectivity index (χ4n) is 2.59. The molecule has 0 unspecified atom stereocenters. The molecule has 1 aromatic rings. The molecule has 0 amide bonds. The van der Waals surface area contributed by atoms with Gasteiger partial charge in [0.15, 0.2) is 0 Å². The van der Waals surface area contributed by atoms with Crippen molar-refractivity contribution in [3.63, 3.8) is 0 Å². The van der Waals surface area contributed by atoms with Crippen LogP contribution < -0.4 is 10.2 Å². The molecule has 1 fully saturated rings. The Labute approximate surface area is 116 Å². The predicted molar refractivity (Wildman–Crippen MR) is 77.6 cm³/mol. The van der Waals surface area contributed by atoms with Crippen molar-refractivity contribution in [1.29, 1.82) is 0 Å². The number of hydrogen-bond donors (Lipinski definition) is 1. The fraction of sp³-hybridized carbons (Fsp3) is 0.786. The van der Waals surface area contributed by atoms with Gasteiger partial charge in [0.2, 0.25) is 5.95 Å². The lowest BCUT2D eigenvalue weighted by atomic mass is 9.90. The Balaban J connectivity index is 1.94. The van der Waals surface area contributed by atoms with Gasteiger partial charge in [-0.25, -0.2) is 4.98 Å². The smallest absolute Gasteiger partial charge is 0.205 e. The number of hydrogen-bond acceptors (Lipinski definition) is 4. The molecule has 0 aromatic carbocycles. The summed E-state index contributed by atoms with van der Waals surface area (Å²) >= 11 is 0. The highest BCUT2D eigenvalue weighted by Gasteiger charge is 2.29. The van der Waals surface area contributed by atoms with Gasteiger partial charge in [-0.2, -0.15) is 0 Å². The molecule has 1 saturated heterocycles. The summed E-state index contributed by atoms with van der Waals surface area (Å²) in [6.45, 7) is 6.21. The van der Waals surface area contributed by atoms with Crippen LogP contribution in [0.3, 0.4) is 0 Å². The van der Waals surface area contributed by atoms with Crippen LogP contribution in [-0.2, 0) is 11.3 Å². The van der Waals surface area contributed by atoms with Crippen LogP contribution in [0, 0.1) is 0 Å². The summed E-state index contributed by atoms with van der Waals surface area (Å²) in [6.07, 6.45) is 7.32. The molecule has 0 bridgehead atoms. The molecule has 0 radical (unpaired) electrons. The van der Waals surface area contributed by atoms with Gasteiger partial charge >= 0.3 is 0 Å². The van der Waals surface area contributed by atoms with Gasteiger partial charge in [0.1, 0.15) is 0 Å². The topological polar surface area (TPSA) is 42.3 Å². The molecular formula is C14H26N4O. The molecule has 0 aliphatic carbocycles. The second-order valence-corrected chi connectivity index (χ2v) is 5.56. The van der Waals surface area contributed by atoms with Crippen molar-refractivity contribution in [3.8, 4) is 0 Å². The van der Waals surface area contributed by atoms with Crippen LogP contribution in [0.4, 0.5) is 5.95 Å². The van der Waals surface area contributed by atoms with Gasteiger partial charge in [-0.15, -0.1) is 0 Å². The zero-order chi connectivity index (χ0) is 13.7. The molecule has 1 N–H and O–H groups in total. The van der Waals surface area contributed by atoms with Crippen molar-refractivity contribution in [3.05, 3.63) is 12.4 Å². The van der Waals surface area contributed by atoms with Gasteiger partial charge in [0, 0.05) is 51.3 Å². The van der Waals surface area contributed by atoms with Crippen LogP contribution in [0.5, 0.6) is 0 Å². The first-order chi connectivity index (χ1) is 9.18. The number of rotatable bonds is 6. The normalized spacial score (nSPS) is 18.8. The number of nitrogens with one attached hydrogen (secondary N) is 1. The second kappa shape index (κ2) is 6.39. The lowest BCUT2D eigenvalue weighted by Gasteiger charge is -2.39. The third-order valence-corrected chi connectivity index (χ3v) is 4.19. The number of ether oxygens (including phenoxy) is 1. The van der Waals surface area contributed by atoms with Crippen molar-refractivity contribution in [2.24, 2.45) is 0 Å². The van der Waals surface area contributed by atoms with E-state index in [1.54, 1.807) is 7.11 Å². The fourth-order valence-corrected chi connectivity index (χ4v) is 2.59. The third kappa shape index (κ3) is 3.48. The Morgan fingerprint density at radius 1 is 1.42 bits per heavy atom. The first-order valence-corrected chi connectivity index (χ1v) is 7.12. The van der Waals surface area contributed by atoms with Crippen LogP contribution in [0.25, 0.3) is 0 Å². The van der Waals surface area contributed by atoms with E-state index in [0.717, 1.165) is 51.5 Å². The van der Waals surface area contributed by atoms with E-state index in [1.807, 2.05) is 6.20 Å². The quantitative estimate of drug-likeness (QED) is 0.792. The maximum Gasteiger partial charge on any atom is 0.205 e. The van der Waals surface area contributed by atoms with Gasteiger partial charge in [-0.3, -0.25) is 0 Å². The van der Waals surface area contributed by atoms with Gasteiger partial charge in [-0.1, -0.05) is 0 Å². The number of anilines is 1. The number of piperidine rings is 1. The maximum atomic E-state index is 5.11. The van der Waals surface area contributed by atoms with Crippen molar-refractivity contribution >= 4 is 5.95 Å². The van der Waals surface area contributed by atoms with Crippen LogP contribution in [0.2, 0.25) is 0 Å². The molecule has 2 heterocycles. The standard InChI is InChI=1S/C14H26N4O/c1-14(15-2)5-9-18(10-6-14)13-16-7-11-17(13)8-4-12-19-3/h7,11,15H,4-6,8-10,12H2,1-3H3. The summed E-state index contributed by atoms with van der Waals surface area (Å²) in [6, 6.07) is 0. The Morgan fingerprint density at radius 3 is 2.79 bits per heavy atom. The summed E-state index contributed by atoms with van der Waals surface area (Å²) in [5.74, 6) is 1.11. The minimum atomic E-state index is 0.282. The molecule has 108 valence electrons. The van der Waals surface area contributed by atoms with Crippen LogP contribution in [-0.4, -0.2) is 48.9 Å². The third-order valence-electron chi connectivity index (χ3n) is 4.19. The van der Waals surface area contributed by atoms with E-state index in [4.69, 9.17) is 4.74 Å². The molecule has 0 spiro atoms. The monoisotopic (exact) mass is 266 g/mol. The Bertz CT molecular complexity index is 383. The highest BCUT2D eigenvalue weighted by molar-refractivity contribution is 5.32. The van der Waals surface area contributed by atoms with Gasteiger partial charge in [0.25, 0.3) is 0 Å². The summed E-state index contributed by atoms with van der Waals surface area (Å²) in [7, 11) is 3.80. The van der Waals surface area contributed by atoms with Crippen LogP contribution in [0.15, 0.2) is 12.4 Å². The Morgan fingerprint density at radius 2 is 2.16 bits per heavy atom. The zero-order valence-corrected chi connectivity index (χ0v) is 12.4. The van der Waals surface area contributed by atoms with Gasteiger partial charge in [-0.05, 0) is 33.2 Å². The minimum absolute atomic E-state index is 0.282. The molecule has 5 heteroatoms. The molecule has 1 aromatic heterocycles. The molecular weight excluding hydrogens is 240 g/mol. The highest BCUT2D eigenvalue weighted by atomic mass is 16.5. The van der Waals surface area contributed by atoms with E-state index in [1.165, 1.54) is 0 Å². The summed E-state index contributed by atoms with van der Waals surface area (Å²) < 4.78 is 7.35. The minimum Gasteiger partial charge on any atom is -0.385 e. The lowest BCUT2D eigenvalue weighted by molar-refractivity contribution is 0.190. The molecule has 1 aliphatic heterocycles. The highest BCUT2D eigenvalue weighted by Crippen LogP contribution is 2.24. The van der Waals surface area contributed by atoms with E-state index in [-0.39, 0.29) is 5.54 Å². The van der Waals surface area contributed by atoms with Crippen LogP contribution >= 0.6 is 0 Å². The maximum absolute atomic E-state index is 5.11. The molecule has 2 rings (SSSR count). The number of aromatic nitrogens is 2. The lowest BCUT2D eigenvalue weighted by Crippen LogP contribution is -2.50. The first kappa shape index (κ1) is 14.3. The average Bonchev–Trinajstić information content (AvgIpc) is 2.88. The summed E-state index contributed by atoms with van der Waals surface area (Å²) in [4.78, 5) is 6.91. The Kier molecular flexibility index (Phi) is 4.82. The number of imidazole rings is 1. The van der Waals surface area contributed by atoms with Crippen molar-refractivity contribution in [1.82, 2.24) is 14.9 Å². The van der Waals surface area contributed by atoms with E-state index in [2.05, 4.69) is 39.9 Å². The van der Waals surface area contributed by atoms with Crippen molar-refractivity contribution in [2.75, 3.05) is 38.8 Å². The van der Waals surface area contributed by atoms with E-state index < -0.39 is 0 Å². The number of nitrogens with zero attached hydrogens (tertiary/aromatic N) is 3. The van der Waals surface area contributed by atoms with E-state index in [0.29, 0.717) is 0 Å². The molecule has 1 aliphatic rings. The molecule has 0 atom stereocenters. The van der Waals surface area contributed by atoms with Crippen molar-refractivity contribution < 1.29 is 4.74 Å². The van der Waals surface area contributed by atoms with E-state index in [9.17, 15) is 0 Å². The van der Waals surface area contributed by atoms with E-state index >= 15 is 0 Å². The largest absolute Gasteiger partial charge is 0.385 e. The summed E-state index contributed by atoms with van der Waals surface area (Å²) in [5.41, 5.74) is 0.282.